The predicted octanol–water partition coefficient (Wildman–Crippen LogP) is 1.64. The van der Waals surface area contributed by atoms with Crippen molar-refractivity contribution in [2.75, 3.05) is 33.1 Å². The molecular weight excluding hydrogens is 344 g/mol. The maximum atomic E-state index is 12.5. The Labute approximate surface area is 149 Å². The van der Waals surface area contributed by atoms with Gasteiger partial charge in [-0.15, -0.1) is 0 Å². The molecule has 7 nitrogen and oxygen atoms in total. The number of piperidine rings is 1. The predicted molar refractivity (Wildman–Crippen MR) is 95.7 cm³/mol. The van der Waals surface area contributed by atoms with Gasteiger partial charge in [0.1, 0.15) is 11.5 Å². The zero-order valence-electron chi connectivity index (χ0n) is 14.9. The summed E-state index contributed by atoms with van der Waals surface area (Å²) in [6.07, 6.45) is 2.83. The monoisotopic (exact) mass is 370 g/mol. The summed E-state index contributed by atoms with van der Waals surface area (Å²) >= 11 is 0. The van der Waals surface area contributed by atoms with E-state index in [2.05, 4.69) is 5.32 Å². The van der Waals surface area contributed by atoms with Gasteiger partial charge in [0.25, 0.3) is 5.91 Å². The second-order valence-corrected chi connectivity index (χ2v) is 8.13. The largest absolute Gasteiger partial charge is 0.497 e. The standard InChI is InChI=1S/C17H26N2O5S/c1-13-6-4-5-10-19(13)25(21,22)11-9-18-17(20)15-8-7-14(23-2)12-16(15)24-3/h7-8,12-13H,4-6,9-11H2,1-3H3,(H,18,20)/t13-/m1/s1. The SMILES string of the molecule is COc1ccc(C(=O)NCCS(=O)(=O)N2CCCC[C@H]2C)c(OC)c1. The first-order valence-corrected chi connectivity index (χ1v) is 9.99. The van der Waals surface area contributed by atoms with Gasteiger partial charge in [0.15, 0.2) is 0 Å². The Morgan fingerprint density at radius 1 is 1.28 bits per heavy atom. The van der Waals surface area contributed by atoms with Crippen molar-refractivity contribution in [1.82, 2.24) is 9.62 Å². The summed E-state index contributed by atoms with van der Waals surface area (Å²) in [6, 6.07) is 4.88. The number of benzene rings is 1. The number of methoxy groups -OCH3 is 2. The summed E-state index contributed by atoms with van der Waals surface area (Å²) in [6.45, 7) is 2.54. The minimum absolute atomic E-state index is 0.0242. The van der Waals surface area contributed by atoms with Gasteiger partial charge in [-0.25, -0.2) is 8.42 Å². The number of carbonyl (C=O) groups excluding carboxylic acids is 1. The van der Waals surface area contributed by atoms with Gasteiger partial charge in [0.2, 0.25) is 10.0 Å². The molecule has 1 fully saturated rings. The van der Waals surface area contributed by atoms with Crippen molar-refractivity contribution in [3.8, 4) is 11.5 Å². The number of hydrogen-bond donors (Lipinski definition) is 1. The molecular formula is C17H26N2O5S. The first-order chi connectivity index (χ1) is 11.9. The number of carbonyl (C=O) groups is 1. The van der Waals surface area contributed by atoms with Gasteiger partial charge in [-0.3, -0.25) is 4.79 Å². The highest BCUT2D eigenvalue weighted by Crippen LogP contribution is 2.24. The molecule has 8 heteroatoms. The number of sulfonamides is 1. The molecule has 2 rings (SSSR count). The molecule has 0 bridgehead atoms. The molecule has 0 spiro atoms. The molecule has 0 unspecified atom stereocenters. The lowest BCUT2D eigenvalue weighted by molar-refractivity contribution is 0.0953. The van der Waals surface area contributed by atoms with Crippen LogP contribution in [0, 0.1) is 0 Å². The first kappa shape index (κ1) is 19.5. The van der Waals surface area contributed by atoms with Crippen LogP contribution >= 0.6 is 0 Å². The van der Waals surface area contributed by atoms with E-state index in [-0.39, 0.29) is 24.2 Å². The maximum absolute atomic E-state index is 12.5. The van der Waals surface area contributed by atoms with Gasteiger partial charge in [-0.05, 0) is 31.9 Å². The summed E-state index contributed by atoms with van der Waals surface area (Å²) in [5, 5.41) is 2.66. The van der Waals surface area contributed by atoms with Gasteiger partial charge in [0.05, 0.1) is 25.5 Å². The third kappa shape index (κ3) is 4.85. The summed E-state index contributed by atoms with van der Waals surface area (Å²) in [5.41, 5.74) is 0.340. The first-order valence-electron chi connectivity index (χ1n) is 8.39. The third-order valence-electron chi connectivity index (χ3n) is 4.40. The zero-order chi connectivity index (χ0) is 18.4. The lowest BCUT2D eigenvalue weighted by Gasteiger charge is -2.32. The molecule has 0 saturated carbocycles. The van der Waals surface area contributed by atoms with E-state index in [4.69, 9.17) is 9.47 Å². The fourth-order valence-corrected chi connectivity index (χ4v) is 4.63. The van der Waals surface area contributed by atoms with Crippen molar-refractivity contribution in [2.24, 2.45) is 0 Å². The maximum Gasteiger partial charge on any atom is 0.255 e. The van der Waals surface area contributed by atoms with E-state index in [0.29, 0.717) is 23.6 Å². The van der Waals surface area contributed by atoms with Crippen LogP contribution < -0.4 is 14.8 Å². The second kappa shape index (κ2) is 8.53. The van der Waals surface area contributed by atoms with E-state index in [0.717, 1.165) is 19.3 Å². The minimum atomic E-state index is -3.37. The highest BCUT2D eigenvalue weighted by atomic mass is 32.2. The number of ether oxygens (including phenoxy) is 2. The van der Waals surface area contributed by atoms with Crippen molar-refractivity contribution >= 4 is 15.9 Å². The topological polar surface area (TPSA) is 84.9 Å². The van der Waals surface area contributed by atoms with Crippen molar-refractivity contribution in [2.45, 2.75) is 32.2 Å². The Morgan fingerprint density at radius 2 is 2.04 bits per heavy atom. The van der Waals surface area contributed by atoms with Crippen LogP contribution in [0.15, 0.2) is 18.2 Å². The quantitative estimate of drug-likeness (QED) is 0.789. The fraction of sp³-hybridized carbons (Fsp3) is 0.588. The van der Waals surface area contributed by atoms with E-state index in [9.17, 15) is 13.2 Å². The molecule has 25 heavy (non-hydrogen) atoms. The second-order valence-electron chi connectivity index (χ2n) is 6.09. The molecule has 1 heterocycles. The van der Waals surface area contributed by atoms with Gasteiger partial charge in [0, 0.05) is 25.2 Å². The molecule has 1 atom stereocenters. The molecule has 0 radical (unpaired) electrons. The number of nitrogens with one attached hydrogen (secondary N) is 1. The van der Waals surface area contributed by atoms with E-state index in [1.54, 1.807) is 22.5 Å². The molecule has 1 aliphatic heterocycles. The van der Waals surface area contributed by atoms with Gasteiger partial charge < -0.3 is 14.8 Å². The van der Waals surface area contributed by atoms with Crippen LogP contribution in [0.4, 0.5) is 0 Å². The molecule has 1 aliphatic rings. The van der Waals surface area contributed by atoms with Gasteiger partial charge >= 0.3 is 0 Å². The van der Waals surface area contributed by atoms with E-state index < -0.39 is 10.0 Å². The van der Waals surface area contributed by atoms with Crippen molar-refractivity contribution in [1.29, 1.82) is 0 Å². The van der Waals surface area contributed by atoms with Gasteiger partial charge in [-0.1, -0.05) is 6.42 Å². The Kier molecular flexibility index (Phi) is 6.66. The smallest absolute Gasteiger partial charge is 0.255 e. The van der Waals surface area contributed by atoms with Crippen LogP contribution in [0.25, 0.3) is 0 Å². The molecule has 0 aromatic heterocycles. The fourth-order valence-electron chi connectivity index (χ4n) is 2.98. The van der Waals surface area contributed by atoms with Crippen LogP contribution in [-0.2, 0) is 10.0 Å². The molecule has 0 aliphatic carbocycles. The van der Waals surface area contributed by atoms with E-state index in [1.165, 1.54) is 14.2 Å². The van der Waals surface area contributed by atoms with E-state index in [1.807, 2.05) is 6.92 Å². The molecule has 1 amide bonds. The molecule has 1 saturated heterocycles. The molecule has 140 valence electrons. The van der Waals surface area contributed by atoms with Crippen molar-refractivity contribution < 1.29 is 22.7 Å². The molecule has 1 aromatic carbocycles. The summed E-state index contributed by atoms with van der Waals surface area (Å²) < 4.78 is 36.8. The normalized spacial score (nSPS) is 18.6. The van der Waals surface area contributed by atoms with Crippen LogP contribution in [0.5, 0.6) is 11.5 Å². The molecule has 1 aromatic rings. The molecule has 1 N–H and O–H groups in total. The van der Waals surface area contributed by atoms with Crippen LogP contribution in [0.1, 0.15) is 36.5 Å². The summed E-state index contributed by atoms with van der Waals surface area (Å²) in [5.74, 6) is 0.475. The average molecular weight is 370 g/mol. The van der Waals surface area contributed by atoms with Gasteiger partial charge in [-0.2, -0.15) is 4.31 Å². The highest BCUT2D eigenvalue weighted by molar-refractivity contribution is 7.89. The van der Waals surface area contributed by atoms with Crippen molar-refractivity contribution in [3.05, 3.63) is 23.8 Å². The van der Waals surface area contributed by atoms with Crippen LogP contribution in [-0.4, -0.2) is 57.7 Å². The van der Waals surface area contributed by atoms with Crippen molar-refractivity contribution in [3.63, 3.8) is 0 Å². The highest BCUT2D eigenvalue weighted by Gasteiger charge is 2.29. The van der Waals surface area contributed by atoms with E-state index >= 15 is 0 Å². The Hall–Kier alpha value is -1.80. The summed E-state index contributed by atoms with van der Waals surface area (Å²) in [4.78, 5) is 12.3. The lowest BCUT2D eigenvalue weighted by Crippen LogP contribution is -2.45. The Morgan fingerprint density at radius 3 is 2.68 bits per heavy atom. The lowest BCUT2D eigenvalue weighted by atomic mass is 10.1. The number of rotatable bonds is 7. The number of hydrogen-bond acceptors (Lipinski definition) is 5. The third-order valence-corrected chi connectivity index (χ3v) is 6.38. The summed E-state index contributed by atoms with van der Waals surface area (Å²) in [7, 11) is -0.375. The Bertz CT molecular complexity index is 705. The number of amides is 1. The van der Waals surface area contributed by atoms with Crippen LogP contribution in [0.2, 0.25) is 0 Å². The van der Waals surface area contributed by atoms with Crippen LogP contribution in [0.3, 0.4) is 0 Å². The Balaban J connectivity index is 1.96. The zero-order valence-corrected chi connectivity index (χ0v) is 15.8. The minimum Gasteiger partial charge on any atom is -0.497 e. The average Bonchev–Trinajstić information content (AvgIpc) is 2.61. The number of nitrogens with zero attached hydrogens (tertiary/aromatic N) is 1.